The molecule has 3 amide bonds. The highest BCUT2D eigenvalue weighted by Gasteiger charge is 2.20. The van der Waals surface area contributed by atoms with Crippen LogP contribution in [0.2, 0.25) is 0 Å². The molecule has 0 aromatic heterocycles. The topological polar surface area (TPSA) is 95.7 Å². The fourth-order valence-electron chi connectivity index (χ4n) is 1.71. The lowest BCUT2D eigenvalue weighted by Gasteiger charge is -2.30. The van der Waals surface area contributed by atoms with E-state index in [1.165, 1.54) is 0 Å². The van der Waals surface area contributed by atoms with Gasteiger partial charge in [-0.1, -0.05) is 0 Å². The monoisotopic (exact) mass is 215 g/mol. The van der Waals surface area contributed by atoms with Crippen molar-refractivity contribution in [2.45, 2.75) is 12.8 Å². The number of aliphatic hydroxyl groups excluding tert-OH is 1. The molecule has 0 saturated carbocycles. The fraction of sp³-hybridized carbons (Fsp3) is 0.778. The summed E-state index contributed by atoms with van der Waals surface area (Å²) in [5.74, 6) is -0.0228. The van der Waals surface area contributed by atoms with Gasteiger partial charge in [-0.2, -0.15) is 0 Å². The smallest absolute Gasteiger partial charge is 0.318 e. The number of nitrogens with one attached hydrogen (secondary N) is 1. The number of nitrogens with zero attached hydrogens (tertiary/aromatic N) is 1. The van der Waals surface area contributed by atoms with E-state index in [4.69, 9.17) is 10.8 Å². The Hall–Kier alpha value is -1.14. The maximum Gasteiger partial charge on any atom is 0.318 e. The Morgan fingerprint density at radius 3 is 2.47 bits per heavy atom. The number of primary amides is 1. The van der Waals surface area contributed by atoms with E-state index in [9.17, 15) is 9.59 Å². The van der Waals surface area contributed by atoms with Crippen molar-refractivity contribution in [3.05, 3.63) is 0 Å². The predicted octanol–water partition coefficient (Wildman–Crippen LogP) is -1.11. The SMILES string of the molecule is NC(=O)NC(=O)CN1CCC(CO)CC1. The summed E-state index contributed by atoms with van der Waals surface area (Å²) in [6, 6.07) is -0.815. The van der Waals surface area contributed by atoms with Crippen molar-refractivity contribution in [2.24, 2.45) is 11.7 Å². The molecule has 1 aliphatic heterocycles. The Morgan fingerprint density at radius 1 is 1.40 bits per heavy atom. The van der Waals surface area contributed by atoms with Gasteiger partial charge >= 0.3 is 6.03 Å². The van der Waals surface area contributed by atoms with Crippen molar-refractivity contribution in [1.29, 1.82) is 0 Å². The van der Waals surface area contributed by atoms with Gasteiger partial charge in [0.05, 0.1) is 6.54 Å². The zero-order chi connectivity index (χ0) is 11.3. The molecule has 0 radical (unpaired) electrons. The normalized spacial score (nSPS) is 18.7. The molecule has 6 nitrogen and oxygen atoms in total. The molecule has 0 bridgehead atoms. The van der Waals surface area contributed by atoms with E-state index in [1.807, 2.05) is 10.2 Å². The summed E-state index contributed by atoms with van der Waals surface area (Å²) in [5.41, 5.74) is 4.82. The lowest BCUT2D eigenvalue weighted by atomic mass is 9.98. The van der Waals surface area contributed by atoms with Gasteiger partial charge in [-0.3, -0.25) is 15.0 Å². The van der Waals surface area contributed by atoms with Gasteiger partial charge in [0.15, 0.2) is 0 Å². The molecule has 0 aliphatic carbocycles. The van der Waals surface area contributed by atoms with E-state index in [2.05, 4.69) is 0 Å². The Kier molecular flexibility index (Phi) is 4.51. The molecule has 1 aliphatic rings. The minimum atomic E-state index is -0.815. The molecule has 1 rings (SSSR count). The maximum absolute atomic E-state index is 11.2. The van der Waals surface area contributed by atoms with Crippen molar-refractivity contribution in [3.8, 4) is 0 Å². The minimum absolute atomic E-state index is 0.196. The van der Waals surface area contributed by atoms with E-state index in [1.54, 1.807) is 0 Å². The van der Waals surface area contributed by atoms with Crippen molar-refractivity contribution in [2.75, 3.05) is 26.2 Å². The zero-order valence-electron chi connectivity index (χ0n) is 8.61. The number of aliphatic hydroxyl groups is 1. The largest absolute Gasteiger partial charge is 0.396 e. The first-order valence-corrected chi connectivity index (χ1v) is 5.04. The van der Waals surface area contributed by atoms with Crippen LogP contribution in [0, 0.1) is 5.92 Å². The summed E-state index contributed by atoms with van der Waals surface area (Å²) < 4.78 is 0. The predicted molar refractivity (Wildman–Crippen MR) is 54.0 cm³/mol. The van der Waals surface area contributed by atoms with Gasteiger partial charge in [0.2, 0.25) is 5.91 Å². The molecule has 1 heterocycles. The van der Waals surface area contributed by atoms with Crippen LogP contribution in [0.3, 0.4) is 0 Å². The first-order valence-electron chi connectivity index (χ1n) is 5.04. The lowest BCUT2D eigenvalue weighted by molar-refractivity contribution is -0.121. The zero-order valence-corrected chi connectivity index (χ0v) is 8.61. The van der Waals surface area contributed by atoms with Crippen LogP contribution in [0.5, 0.6) is 0 Å². The van der Waals surface area contributed by atoms with Gasteiger partial charge in [0.1, 0.15) is 0 Å². The van der Waals surface area contributed by atoms with Crippen LogP contribution < -0.4 is 11.1 Å². The van der Waals surface area contributed by atoms with Gasteiger partial charge in [0, 0.05) is 6.61 Å². The van der Waals surface area contributed by atoms with Crippen LogP contribution in [0.25, 0.3) is 0 Å². The van der Waals surface area contributed by atoms with Gasteiger partial charge < -0.3 is 10.8 Å². The van der Waals surface area contributed by atoms with Crippen molar-refractivity contribution < 1.29 is 14.7 Å². The summed E-state index contributed by atoms with van der Waals surface area (Å²) in [6.45, 7) is 1.96. The number of carbonyl (C=O) groups is 2. The highest BCUT2D eigenvalue weighted by molar-refractivity contribution is 5.94. The average Bonchev–Trinajstić information content (AvgIpc) is 2.17. The third kappa shape index (κ3) is 4.26. The Balaban J connectivity index is 2.23. The van der Waals surface area contributed by atoms with Gasteiger partial charge in [-0.25, -0.2) is 4.79 Å². The Labute approximate surface area is 88.4 Å². The third-order valence-electron chi connectivity index (χ3n) is 2.60. The molecule has 0 unspecified atom stereocenters. The fourth-order valence-corrected chi connectivity index (χ4v) is 1.71. The van der Waals surface area contributed by atoms with E-state index >= 15 is 0 Å². The third-order valence-corrected chi connectivity index (χ3v) is 2.60. The quantitative estimate of drug-likeness (QED) is 0.556. The molecule has 1 fully saturated rings. The minimum Gasteiger partial charge on any atom is -0.396 e. The van der Waals surface area contributed by atoms with E-state index < -0.39 is 6.03 Å². The number of likely N-dealkylation sites (tertiary alicyclic amines) is 1. The molecule has 0 aromatic carbocycles. The molecule has 1 saturated heterocycles. The summed E-state index contributed by atoms with van der Waals surface area (Å²) in [6.07, 6.45) is 1.78. The number of nitrogens with two attached hydrogens (primary N) is 1. The second kappa shape index (κ2) is 5.67. The molecule has 0 spiro atoms. The van der Waals surface area contributed by atoms with Crippen LogP contribution in [0.15, 0.2) is 0 Å². The lowest BCUT2D eigenvalue weighted by Crippen LogP contribution is -2.45. The highest BCUT2D eigenvalue weighted by Crippen LogP contribution is 2.15. The van der Waals surface area contributed by atoms with E-state index in [-0.39, 0.29) is 19.1 Å². The first kappa shape index (κ1) is 11.9. The number of rotatable bonds is 3. The van der Waals surface area contributed by atoms with Crippen LogP contribution in [-0.2, 0) is 4.79 Å². The van der Waals surface area contributed by atoms with Crippen molar-refractivity contribution in [3.63, 3.8) is 0 Å². The molecule has 0 atom stereocenters. The van der Waals surface area contributed by atoms with Crippen LogP contribution in [0.4, 0.5) is 4.79 Å². The molecule has 15 heavy (non-hydrogen) atoms. The number of amides is 3. The number of imide groups is 1. The second-order valence-corrected chi connectivity index (χ2v) is 3.81. The summed E-state index contributed by atoms with van der Waals surface area (Å²) in [5, 5.41) is 10.9. The number of piperidine rings is 1. The number of carbonyl (C=O) groups excluding carboxylic acids is 2. The van der Waals surface area contributed by atoms with Crippen LogP contribution >= 0.6 is 0 Å². The summed E-state index contributed by atoms with van der Waals surface area (Å²) in [4.78, 5) is 23.5. The van der Waals surface area contributed by atoms with Crippen LogP contribution in [-0.4, -0.2) is 48.2 Å². The first-order chi connectivity index (χ1) is 7.11. The van der Waals surface area contributed by atoms with Crippen LogP contribution in [0.1, 0.15) is 12.8 Å². The standard InChI is InChI=1S/C9H17N3O3/c10-9(15)11-8(14)5-12-3-1-7(6-13)2-4-12/h7,13H,1-6H2,(H3,10,11,14,15). The summed E-state index contributed by atoms with van der Waals surface area (Å²) >= 11 is 0. The molecule has 4 N–H and O–H groups in total. The summed E-state index contributed by atoms with van der Waals surface area (Å²) in [7, 11) is 0. The van der Waals surface area contributed by atoms with E-state index in [0.29, 0.717) is 5.92 Å². The maximum atomic E-state index is 11.2. The Bertz CT molecular complexity index is 237. The van der Waals surface area contributed by atoms with Crippen molar-refractivity contribution >= 4 is 11.9 Å². The van der Waals surface area contributed by atoms with E-state index in [0.717, 1.165) is 25.9 Å². The van der Waals surface area contributed by atoms with Gasteiger partial charge in [-0.05, 0) is 31.8 Å². The molecule has 86 valence electrons. The number of hydrogen-bond donors (Lipinski definition) is 3. The molecular formula is C9H17N3O3. The Morgan fingerprint density at radius 2 is 2.00 bits per heavy atom. The number of hydrogen-bond acceptors (Lipinski definition) is 4. The molecule has 6 heteroatoms. The molecular weight excluding hydrogens is 198 g/mol. The van der Waals surface area contributed by atoms with Crippen molar-refractivity contribution in [1.82, 2.24) is 10.2 Å². The highest BCUT2D eigenvalue weighted by atomic mass is 16.3. The van der Waals surface area contributed by atoms with Gasteiger partial charge in [-0.15, -0.1) is 0 Å². The van der Waals surface area contributed by atoms with Gasteiger partial charge in [0.25, 0.3) is 0 Å². The number of urea groups is 1. The average molecular weight is 215 g/mol. The second-order valence-electron chi connectivity index (χ2n) is 3.81. The molecule has 0 aromatic rings.